The van der Waals surface area contributed by atoms with Crippen LogP contribution < -0.4 is 16.4 Å². The number of piperidine rings is 1. The van der Waals surface area contributed by atoms with Crippen molar-refractivity contribution in [2.24, 2.45) is 0 Å². The smallest absolute Gasteiger partial charge is 0.404 e. The molecular weight excluding hydrogens is 452 g/mol. The Labute approximate surface area is 203 Å². The SMILES string of the molecule is C=C/C(NC(=C)c1nc(-c2c(F)cccc2F)ccc1N)=C(\C=C/C)N1CCC[C@H](NC(=O)O)C1. The van der Waals surface area contributed by atoms with Crippen molar-refractivity contribution in [3.63, 3.8) is 0 Å². The number of amides is 1. The number of carbonyl (C=O) groups is 1. The molecule has 0 aliphatic carbocycles. The van der Waals surface area contributed by atoms with Crippen LogP contribution in [0, 0.1) is 11.6 Å². The van der Waals surface area contributed by atoms with Gasteiger partial charge in [-0.15, -0.1) is 0 Å². The summed E-state index contributed by atoms with van der Waals surface area (Å²) >= 11 is 0. The maximum atomic E-state index is 14.3. The number of hydrogen-bond acceptors (Lipinski definition) is 5. The number of pyridine rings is 1. The van der Waals surface area contributed by atoms with Gasteiger partial charge in [-0.2, -0.15) is 0 Å². The summed E-state index contributed by atoms with van der Waals surface area (Å²) < 4.78 is 28.6. The lowest BCUT2D eigenvalue weighted by Crippen LogP contribution is -2.47. The summed E-state index contributed by atoms with van der Waals surface area (Å²) in [5.41, 5.74) is 8.19. The fourth-order valence-corrected chi connectivity index (χ4v) is 4.05. The van der Waals surface area contributed by atoms with Gasteiger partial charge < -0.3 is 26.4 Å². The number of anilines is 1. The van der Waals surface area contributed by atoms with Crippen molar-refractivity contribution < 1.29 is 18.7 Å². The first-order chi connectivity index (χ1) is 16.7. The number of nitrogen functional groups attached to an aromatic ring is 1. The molecule has 0 bridgehead atoms. The topological polar surface area (TPSA) is 104 Å². The highest BCUT2D eigenvalue weighted by molar-refractivity contribution is 5.74. The normalized spacial score (nSPS) is 16.5. The van der Waals surface area contributed by atoms with Gasteiger partial charge in [0.15, 0.2) is 0 Å². The van der Waals surface area contributed by atoms with Gasteiger partial charge in [-0.25, -0.2) is 18.6 Å². The van der Waals surface area contributed by atoms with Crippen molar-refractivity contribution in [2.75, 3.05) is 18.8 Å². The molecule has 0 saturated carbocycles. The Morgan fingerprint density at radius 2 is 2.00 bits per heavy atom. The quantitative estimate of drug-likeness (QED) is 0.401. The zero-order valence-electron chi connectivity index (χ0n) is 19.5. The second-order valence-corrected chi connectivity index (χ2v) is 8.07. The standard InChI is InChI=1S/C26H29F2N5O2/c1-4-8-23(33-14-7-9-17(15-33)31-26(34)35)21(5-2)30-16(3)25-20(29)12-13-22(32-25)24-18(27)10-6-11-19(24)28/h4-6,8,10-13,17,30-31H,2-3,7,9,14-15,29H2,1H3,(H,34,35)/b8-4-,23-21-/t17-/m0/s1. The molecule has 0 unspecified atom stereocenters. The molecule has 1 aliphatic heterocycles. The number of nitrogens with one attached hydrogen (secondary N) is 2. The van der Waals surface area contributed by atoms with Crippen molar-refractivity contribution in [3.8, 4) is 11.3 Å². The van der Waals surface area contributed by atoms with Crippen LogP contribution in [0.1, 0.15) is 25.5 Å². The summed E-state index contributed by atoms with van der Waals surface area (Å²) in [7, 11) is 0. The lowest BCUT2D eigenvalue weighted by Gasteiger charge is -2.36. The Hall–Kier alpha value is -4.14. The first-order valence-electron chi connectivity index (χ1n) is 11.2. The van der Waals surface area contributed by atoms with Crippen LogP contribution in [0.5, 0.6) is 0 Å². The zero-order chi connectivity index (χ0) is 25.5. The first kappa shape index (κ1) is 25.5. The summed E-state index contributed by atoms with van der Waals surface area (Å²) in [5, 5.41) is 14.8. The van der Waals surface area contributed by atoms with Crippen molar-refractivity contribution in [2.45, 2.75) is 25.8 Å². The minimum atomic E-state index is -1.06. The Morgan fingerprint density at radius 1 is 1.29 bits per heavy atom. The number of allylic oxidation sites excluding steroid dienone is 3. The number of aromatic nitrogens is 1. The Kier molecular flexibility index (Phi) is 8.25. The highest BCUT2D eigenvalue weighted by atomic mass is 19.1. The lowest BCUT2D eigenvalue weighted by atomic mass is 10.0. The molecule has 1 aromatic carbocycles. The van der Waals surface area contributed by atoms with Crippen LogP contribution in [0.15, 0.2) is 73.1 Å². The molecule has 35 heavy (non-hydrogen) atoms. The molecule has 1 fully saturated rings. The van der Waals surface area contributed by atoms with Crippen LogP contribution in [-0.2, 0) is 0 Å². The van der Waals surface area contributed by atoms with Gasteiger partial charge in [-0.1, -0.05) is 25.3 Å². The van der Waals surface area contributed by atoms with Crippen LogP contribution in [0.25, 0.3) is 17.0 Å². The summed E-state index contributed by atoms with van der Waals surface area (Å²) in [6.45, 7) is 11.0. The Bertz CT molecular complexity index is 1170. The summed E-state index contributed by atoms with van der Waals surface area (Å²) in [5.74, 6) is -1.47. The molecule has 0 spiro atoms. The van der Waals surface area contributed by atoms with Crippen LogP contribution >= 0.6 is 0 Å². The molecule has 1 atom stereocenters. The van der Waals surface area contributed by atoms with E-state index in [1.807, 2.05) is 19.1 Å². The third-order valence-electron chi connectivity index (χ3n) is 5.61. The van der Waals surface area contributed by atoms with Gasteiger partial charge >= 0.3 is 6.09 Å². The molecule has 5 N–H and O–H groups in total. The number of halogens is 2. The second kappa shape index (κ2) is 11.3. The number of rotatable bonds is 8. The third-order valence-corrected chi connectivity index (χ3v) is 5.61. The molecule has 9 heteroatoms. The molecule has 7 nitrogen and oxygen atoms in total. The maximum absolute atomic E-state index is 14.3. The van der Waals surface area contributed by atoms with Gasteiger partial charge in [-0.3, -0.25) is 0 Å². The van der Waals surface area contributed by atoms with Gasteiger partial charge in [0.1, 0.15) is 17.3 Å². The molecule has 1 aromatic heterocycles. The molecule has 1 aliphatic rings. The van der Waals surface area contributed by atoms with Crippen LogP contribution in [0.4, 0.5) is 19.3 Å². The van der Waals surface area contributed by atoms with E-state index in [1.165, 1.54) is 18.2 Å². The molecule has 2 heterocycles. The minimum Gasteiger partial charge on any atom is -0.465 e. The fourth-order valence-electron chi connectivity index (χ4n) is 4.05. The van der Waals surface area contributed by atoms with E-state index in [-0.39, 0.29) is 28.7 Å². The fraction of sp³-hybridized carbons (Fsp3) is 0.231. The average molecular weight is 482 g/mol. The number of nitrogens with two attached hydrogens (primary N) is 1. The van der Waals surface area contributed by atoms with Crippen LogP contribution in [0.3, 0.4) is 0 Å². The molecule has 2 aromatic rings. The molecule has 184 valence electrons. The Balaban J connectivity index is 1.94. The molecule has 3 rings (SSSR count). The molecular formula is C26H29F2N5O2. The predicted octanol–water partition coefficient (Wildman–Crippen LogP) is 4.88. The summed E-state index contributed by atoms with van der Waals surface area (Å²) in [4.78, 5) is 17.5. The molecule has 1 amide bonds. The number of carboxylic acid groups (broad SMARTS) is 1. The molecule has 1 saturated heterocycles. The van der Waals surface area contributed by atoms with E-state index in [2.05, 4.69) is 33.7 Å². The third kappa shape index (κ3) is 6.06. The highest BCUT2D eigenvalue weighted by Gasteiger charge is 2.24. The lowest BCUT2D eigenvalue weighted by molar-refractivity contribution is 0.176. The zero-order valence-corrected chi connectivity index (χ0v) is 19.5. The van der Waals surface area contributed by atoms with Crippen molar-refractivity contribution in [3.05, 3.63) is 90.4 Å². The van der Waals surface area contributed by atoms with Crippen molar-refractivity contribution in [1.29, 1.82) is 0 Å². The minimum absolute atomic E-state index is 0.0872. The number of benzene rings is 1. The van der Waals surface area contributed by atoms with Crippen LogP contribution in [-0.4, -0.2) is 40.2 Å². The largest absolute Gasteiger partial charge is 0.465 e. The van der Waals surface area contributed by atoms with Crippen molar-refractivity contribution in [1.82, 2.24) is 20.5 Å². The first-order valence-corrected chi connectivity index (χ1v) is 11.2. The summed E-state index contributed by atoms with van der Waals surface area (Å²) in [6.07, 6.45) is 5.87. The predicted molar refractivity (Wildman–Crippen MR) is 134 cm³/mol. The molecule has 0 radical (unpaired) electrons. The van der Waals surface area contributed by atoms with Gasteiger partial charge in [0.25, 0.3) is 0 Å². The van der Waals surface area contributed by atoms with Gasteiger partial charge in [0.2, 0.25) is 0 Å². The van der Waals surface area contributed by atoms with E-state index in [0.29, 0.717) is 17.9 Å². The van der Waals surface area contributed by atoms with E-state index in [0.717, 1.165) is 37.2 Å². The van der Waals surface area contributed by atoms with Gasteiger partial charge in [0.05, 0.1) is 34.0 Å². The number of hydrogen-bond donors (Lipinski definition) is 4. The van der Waals surface area contributed by atoms with Gasteiger partial charge in [0, 0.05) is 19.1 Å². The van der Waals surface area contributed by atoms with E-state index < -0.39 is 17.7 Å². The second-order valence-electron chi connectivity index (χ2n) is 8.07. The Morgan fingerprint density at radius 3 is 2.63 bits per heavy atom. The van der Waals surface area contributed by atoms with E-state index >= 15 is 0 Å². The van der Waals surface area contributed by atoms with Crippen LogP contribution in [0.2, 0.25) is 0 Å². The average Bonchev–Trinajstić information content (AvgIpc) is 2.81. The number of likely N-dealkylation sites (tertiary alicyclic amines) is 1. The number of nitrogens with zero attached hydrogens (tertiary/aromatic N) is 2. The van der Waals surface area contributed by atoms with Crippen molar-refractivity contribution >= 4 is 17.5 Å². The summed E-state index contributed by atoms with van der Waals surface area (Å²) in [6, 6.07) is 6.38. The van der Waals surface area contributed by atoms with E-state index in [1.54, 1.807) is 6.08 Å². The van der Waals surface area contributed by atoms with Gasteiger partial charge in [-0.05, 0) is 56.2 Å². The highest BCUT2D eigenvalue weighted by Crippen LogP contribution is 2.28. The monoisotopic (exact) mass is 481 g/mol. The van der Waals surface area contributed by atoms with E-state index in [9.17, 15) is 13.6 Å². The maximum Gasteiger partial charge on any atom is 0.404 e. The van der Waals surface area contributed by atoms with E-state index in [4.69, 9.17) is 10.8 Å².